The lowest BCUT2D eigenvalue weighted by atomic mass is 10.0. The van der Waals surface area contributed by atoms with E-state index in [4.69, 9.17) is 29.9 Å². The molecule has 12 heteroatoms. The van der Waals surface area contributed by atoms with Crippen LogP contribution in [0.5, 0.6) is 0 Å². The number of unbranched alkanes of at least 4 members (excludes halogenated alkanes) is 12. The number of anilines is 4. The summed E-state index contributed by atoms with van der Waals surface area (Å²) in [6, 6.07) is 24.8. The molecule has 354 valence electrons. The molecule has 2 aliphatic rings. The number of aromatic amines is 2. The van der Waals surface area contributed by atoms with Gasteiger partial charge in [-0.25, -0.2) is 29.9 Å². The average molecular weight is 911 g/mol. The van der Waals surface area contributed by atoms with E-state index >= 15 is 0 Å². The van der Waals surface area contributed by atoms with E-state index in [1.54, 1.807) is 0 Å². The molecule has 0 unspecified atom stereocenters. The number of hydrogen-bond donors (Lipinski definition) is 6. The van der Waals surface area contributed by atoms with Crippen molar-refractivity contribution in [2.75, 3.05) is 47.4 Å². The van der Waals surface area contributed by atoms with E-state index in [0.29, 0.717) is 45.9 Å². The summed E-state index contributed by atoms with van der Waals surface area (Å²) in [6.45, 7) is 12.4. The Morgan fingerprint density at radius 1 is 0.324 bits per heavy atom. The highest BCUT2D eigenvalue weighted by atomic mass is 15.1. The standard InChI is InChI=1S/C56H70N12/c1-5-9-13-23-33-57-45-43-44(46(58-34-24-14-10-6-2)48(60-36-26-16-12-8-4)47(45)59-35-25-15-11-7-3)56-67-54-42-32-22-20-30-40(42)52(65-54)63-50-38-28-18-17-27-37(38)49(61-50)62-51-39-29-19-21-31-41(39)53(64-51)66-55(43)68-56/h17-22,27-32,57-60H,5-16,23-26,33-36H2,1-4H3,(H2,61,62,63,64,65,66,67,68). The fourth-order valence-corrected chi connectivity index (χ4v) is 9.67. The molecule has 0 radical (unpaired) electrons. The van der Waals surface area contributed by atoms with Gasteiger partial charge in [-0.05, 0) is 25.7 Å². The lowest BCUT2D eigenvalue weighted by Crippen LogP contribution is -2.15. The number of H-pyrrole nitrogens is 2. The van der Waals surface area contributed by atoms with Crippen molar-refractivity contribution in [1.82, 2.24) is 39.9 Å². The maximum atomic E-state index is 5.57. The third kappa shape index (κ3) is 10.0. The molecule has 6 N–H and O–H groups in total. The normalized spacial score (nSPS) is 11.8. The van der Waals surface area contributed by atoms with Crippen LogP contribution in [0.4, 0.5) is 22.7 Å². The lowest BCUT2D eigenvalue weighted by molar-refractivity contribution is 0.682. The summed E-state index contributed by atoms with van der Waals surface area (Å²) in [5, 5.41) is 20.0. The molecule has 8 bridgehead atoms. The molecule has 3 aromatic heterocycles. The van der Waals surface area contributed by atoms with Gasteiger partial charge in [0.15, 0.2) is 23.3 Å². The van der Waals surface area contributed by atoms with Crippen LogP contribution in [0.1, 0.15) is 130 Å². The monoisotopic (exact) mass is 911 g/mol. The summed E-state index contributed by atoms with van der Waals surface area (Å²) < 4.78 is 0. The first kappa shape index (κ1) is 46.5. The Labute approximate surface area is 401 Å². The summed E-state index contributed by atoms with van der Waals surface area (Å²) in [6.07, 6.45) is 18.6. The SMILES string of the molecule is CCCCCCNc1c(NCCCCCC)c(NCCCCCC)c2c3nc4nc(nc5[nH]c(nc6nc(nc([nH]3)c2c1NCCCCCC)-c1ccccc1-6)c1ccccc51)-c1ccccc1-4. The Bertz CT molecular complexity index is 2810. The molecule has 7 aromatic rings. The van der Waals surface area contributed by atoms with Crippen molar-refractivity contribution in [2.24, 2.45) is 0 Å². The van der Waals surface area contributed by atoms with Gasteiger partial charge < -0.3 is 31.2 Å². The third-order valence-electron chi connectivity index (χ3n) is 13.3. The zero-order chi connectivity index (χ0) is 46.7. The minimum absolute atomic E-state index is 0.594. The quantitative estimate of drug-likeness (QED) is 0.0323. The Kier molecular flexibility index (Phi) is 15.4. The second-order valence-corrected chi connectivity index (χ2v) is 18.4. The Balaban J connectivity index is 1.40. The molecule has 0 aliphatic carbocycles. The zero-order valence-corrected chi connectivity index (χ0v) is 40.8. The van der Waals surface area contributed by atoms with Crippen LogP contribution in [0.25, 0.3) is 89.7 Å². The molecule has 0 saturated carbocycles. The maximum Gasteiger partial charge on any atom is 0.164 e. The Morgan fingerprint density at radius 2 is 0.618 bits per heavy atom. The van der Waals surface area contributed by atoms with E-state index in [-0.39, 0.29) is 0 Å². The van der Waals surface area contributed by atoms with Crippen molar-refractivity contribution >= 4 is 66.9 Å². The van der Waals surface area contributed by atoms with Crippen LogP contribution < -0.4 is 21.3 Å². The predicted octanol–water partition coefficient (Wildman–Crippen LogP) is 14.8. The van der Waals surface area contributed by atoms with Crippen LogP contribution in [-0.4, -0.2) is 66.1 Å². The molecule has 12 nitrogen and oxygen atoms in total. The van der Waals surface area contributed by atoms with E-state index < -0.39 is 0 Å². The van der Waals surface area contributed by atoms with Gasteiger partial charge in [0.05, 0.1) is 33.5 Å². The summed E-state index contributed by atoms with van der Waals surface area (Å²) in [7, 11) is 0. The first-order chi connectivity index (χ1) is 33.6. The first-order valence-electron chi connectivity index (χ1n) is 25.9. The van der Waals surface area contributed by atoms with Gasteiger partial charge in [0, 0.05) is 59.2 Å². The highest BCUT2D eigenvalue weighted by Crippen LogP contribution is 2.49. The minimum Gasteiger partial charge on any atom is -0.383 e. The van der Waals surface area contributed by atoms with E-state index in [2.05, 4.69) is 107 Å². The number of nitrogens with zero attached hydrogens (tertiary/aromatic N) is 6. The zero-order valence-electron chi connectivity index (χ0n) is 40.8. The molecule has 0 spiro atoms. The first-order valence-corrected chi connectivity index (χ1v) is 25.9. The molecular weight excluding hydrogens is 841 g/mol. The number of aromatic nitrogens is 8. The fourth-order valence-electron chi connectivity index (χ4n) is 9.67. The fraction of sp³-hybridized carbons (Fsp3) is 0.429. The molecule has 2 aliphatic heterocycles. The number of rotatable bonds is 24. The predicted molar refractivity (Wildman–Crippen MR) is 287 cm³/mol. The molecular formula is C56H70N12. The third-order valence-corrected chi connectivity index (χ3v) is 13.3. The van der Waals surface area contributed by atoms with Crippen molar-refractivity contribution in [2.45, 2.75) is 130 Å². The molecule has 4 aromatic carbocycles. The summed E-state index contributed by atoms with van der Waals surface area (Å²) in [4.78, 5) is 39.5. The average Bonchev–Trinajstić information content (AvgIpc) is 4.10. The Hall–Kier alpha value is -6.56. The van der Waals surface area contributed by atoms with Crippen LogP contribution in [-0.2, 0) is 0 Å². The van der Waals surface area contributed by atoms with Gasteiger partial charge in [-0.3, -0.25) is 0 Å². The van der Waals surface area contributed by atoms with E-state index in [0.717, 1.165) is 131 Å². The number of fused-ring (bicyclic) bond motifs is 20. The molecule has 0 saturated heterocycles. The largest absolute Gasteiger partial charge is 0.383 e. The van der Waals surface area contributed by atoms with Gasteiger partial charge in [-0.15, -0.1) is 0 Å². The highest BCUT2D eigenvalue weighted by molar-refractivity contribution is 6.24. The van der Waals surface area contributed by atoms with Crippen LogP contribution in [0.15, 0.2) is 72.8 Å². The van der Waals surface area contributed by atoms with Gasteiger partial charge in [-0.2, -0.15) is 0 Å². The van der Waals surface area contributed by atoms with Crippen molar-refractivity contribution in [3.05, 3.63) is 72.8 Å². The summed E-state index contributed by atoms with van der Waals surface area (Å²) in [5.41, 5.74) is 10.6. The lowest BCUT2D eigenvalue weighted by Gasteiger charge is -2.24. The van der Waals surface area contributed by atoms with Crippen LogP contribution in [0.2, 0.25) is 0 Å². The van der Waals surface area contributed by atoms with Crippen molar-refractivity contribution in [3.8, 4) is 45.6 Å². The second-order valence-electron chi connectivity index (χ2n) is 18.4. The number of nitrogens with one attached hydrogen (secondary N) is 6. The van der Waals surface area contributed by atoms with Gasteiger partial charge >= 0.3 is 0 Å². The summed E-state index contributed by atoms with van der Waals surface area (Å²) >= 11 is 0. The van der Waals surface area contributed by atoms with Gasteiger partial charge in [0.2, 0.25) is 0 Å². The van der Waals surface area contributed by atoms with E-state index in [1.807, 2.05) is 24.3 Å². The molecule has 0 amide bonds. The Morgan fingerprint density at radius 3 is 0.956 bits per heavy atom. The topological polar surface area (TPSA) is 157 Å². The van der Waals surface area contributed by atoms with Crippen molar-refractivity contribution in [3.63, 3.8) is 0 Å². The minimum atomic E-state index is 0.594. The number of hydrogen-bond acceptors (Lipinski definition) is 10. The van der Waals surface area contributed by atoms with Gasteiger partial charge in [0.25, 0.3) is 0 Å². The van der Waals surface area contributed by atoms with E-state index in [1.165, 1.54) is 64.2 Å². The smallest absolute Gasteiger partial charge is 0.164 e. The van der Waals surface area contributed by atoms with Crippen LogP contribution >= 0.6 is 0 Å². The highest BCUT2D eigenvalue weighted by Gasteiger charge is 2.27. The van der Waals surface area contributed by atoms with Crippen molar-refractivity contribution < 1.29 is 0 Å². The van der Waals surface area contributed by atoms with Gasteiger partial charge in [-0.1, -0.05) is 178 Å². The van der Waals surface area contributed by atoms with Crippen LogP contribution in [0, 0.1) is 0 Å². The van der Waals surface area contributed by atoms with Crippen LogP contribution in [0.3, 0.4) is 0 Å². The molecule has 9 rings (SSSR count). The summed E-state index contributed by atoms with van der Waals surface area (Å²) in [5.74, 6) is 2.38. The van der Waals surface area contributed by atoms with Crippen molar-refractivity contribution in [1.29, 1.82) is 0 Å². The second kappa shape index (κ2) is 22.5. The van der Waals surface area contributed by atoms with Gasteiger partial charge in [0.1, 0.15) is 22.6 Å². The maximum absolute atomic E-state index is 5.57. The van der Waals surface area contributed by atoms with E-state index in [9.17, 15) is 0 Å². The molecule has 0 fully saturated rings. The number of benzene rings is 4. The molecule has 5 heterocycles. The molecule has 0 atom stereocenters. The molecule has 68 heavy (non-hydrogen) atoms.